The van der Waals surface area contributed by atoms with Crippen LogP contribution in [0.25, 0.3) is 0 Å². The van der Waals surface area contributed by atoms with E-state index in [1.54, 1.807) is 0 Å². The monoisotopic (exact) mass is 409 g/mol. The van der Waals surface area contributed by atoms with Gasteiger partial charge < -0.3 is 5.32 Å². The van der Waals surface area contributed by atoms with Crippen LogP contribution in [0.1, 0.15) is 23.7 Å². The minimum absolute atomic E-state index is 0.577. The highest BCUT2D eigenvalue weighted by atomic mass is 79.9. The van der Waals surface area contributed by atoms with E-state index >= 15 is 0 Å². The predicted octanol–water partition coefficient (Wildman–Crippen LogP) is 5.00. The summed E-state index contributed by atoms with van der Waals surface area (Å²) in [6.45, 7) is 4.57. The molecule has 1 heterocycles. The lowest BCUT2D eigenvalue weighted by Gasteiger charge is -2.08. The van der Waals surface area contributed by atoms with E-state index in [9.17, 15) is 0 Å². The Balaban J connectivity index is 1.69. The number of anilines is 2. The summed E-state index contributed by atoms with van der Waals surface area (Å²) in [7, 11) is 0. The Morgan fingerprint density at radius 1 is 1.04 bits per heavy atom. The van der Waals surface area contributed by atoms with E-state index in [0.29, 0.717) is 18.3 Å². The summed E-state index contributed by atoms with van der Waals surface area (Å²) in [4.78, 5) is 8.91. The molecule has 0 atom stereocenters. The first-order valence-corrected chi connectivity index (χ1v) is 9.09. The first-order chi connectivity index (χ1) is 12.6. The number of rotatable bonds is 6. The molecule has 2 N–H and O–H groups in total. The van der Waals surface area contributed by atoms with E-state index in [0.717, 1.165) is 21.4 Å². The van der Waals surface area contributed by atoms with Gasteiger partial charge in [-0.2, -0.15) is 10.1 Å². The number of aryl methyl sites for hydroxylation is 1. The summed E-state index contributed by atoms with van der Waals surface area (Å²) in [6, 6.07) is 20.0. The van der Waals surface area contributed by atoms with Crippen molar-refractivity contribution in [2.75, 3.05) is 10.7 Å². The normalized spacial score (nSPS) is 11.3. The zero-order valence-corrected chi connectivity index (χ0v) is 16.3. The molecule has 3 aromatic rings. The second-order valence-corrected chi connectivity index (χ2v) is 6.79. The van der Waals surface area contributed by atoms with Crippen molar-refractivity contribution in [1.29, 1.82) is 0 Å². The first-order valence-electron chi connectivity index (χ1n) is 8.30. The van der Waals surface area contributed by atoms with Gasteiger partial charge in [0.2, 0.25) is 5.95 Å². The Labute approximate surface area is 161 Å². The van der Waals surface area contributed by atoms with Crippen molar-refractivity contribution in [3.05, 3.63) is 82.0 Å². The van der Waals surface area contributed by atoms with Crippen molar-refractivity contribution in [3.8, 4) is 0 Å². The molecule has 2 aromatic carbocycles. The predicted molar refractivity (Wildman–Crippen MR) is 111 cm³/mol. The molecular weight excluding hydrogens is 390 g/mol. The van der Waals surface area contributed by atoms with Crippen LogP contribution in [0.5, 0.6) is 0 Å². The van der Waals surface area contributed by atoms with Crippen LogP contribution in [0, 0.1) is 6.92 Å². The average Bonchev–Trinajstić information content (AvgIpc) is 2.65. The lowest BCUT2D eigenvalue weighted by molar-refractivity contribution is 1.02. The molecule has 0 bridgehead atoms. The number of benzene rings is 2. The fraction of sp³-hybridized carbons (Fsp3) is 0.150. The lowest BCUT2D eigenvalue weighted by Crippen LogP contribution is -2.07. The minimum Gasteiger partial charge on any atom is -0.350 e. The number of hydrogen-bond acceptors (Lipinski definition) is 5. The van der Waals surface area contributed by atoms with Gasteiger partial charge in [0.15, 0.2) is 5.82 Å². The maximum Gasteiger partial charge on any atom is 0.225 e. The molecule has 0 radical (unpaired) electrons. The molecule has 26 heavy (non-hydrogen) atoms. The van der Waals surface area contributed by atoms with Crippen LogP contribution < -0.4 is 10.7 Å². The van der Waals surface area contributed by atoms with E-state index in [1.165, 1.54) is 5.56 Å². The number of nitrogens with zero attached hydrogens (tertiary/aromatic N) is 3. The number of hydrogen-bond donors (Lipinski definition) is 2. The first kappa shape index (κ1) is 18.1. The smallest absolute Gasteiger partial charge is 0.225 e. The molecule has 0 amide bonds. The van der Waals surface area contributed by atoms with Gasteiger partial charge >= 0.3 is 0 Å². The van der Waals surface area contributed by atoms with Gasteiger partial charge in [-0.1, -0.05) is 58.4 Å². The molecule has 3 rings (SSSR count). The van der Waals surface area contributed by atoms with Gasteiger partial charge in [-0.15, -0.1) is 0 Å². The molecule has 0 spiro atoms. The molecule has 0 aliphatic heterocycles. The Kier molecular flexibility index (Phi) is 5.96. The fourth-order valence-electron chi connectivity index (χ4n) is 2.38. The molecule has 0 saturated heterocycles. The van der Waals surface area contributed by atoms with Crippen molar-refractivity contribution in [2.24, 2.45) is 5.10 Å². The maximum absolute atomic E-state index is 4.48. The van der Waals surface area contributed by atoms with E-state index in [4.69, 9.17) is 0 Å². The molecule has 5 nitrogen and oxygen atoms in total. The molecule has 6 heteroatoms. The van der Waals surface area contributed by atoms with Crippen molar-refractivity contribution in [2.45, 2.75) is 20.4 Å². The van der Waals surface area contributed by atoms with Gasteiger partial charge in [-0.25, -0.2) is 4.98 Å². The maximum atomic E-state index is 4.48. The van der Waals surface area contributed by atoms with Gasteiger partial charge in [0.25, 0.3) is 0 Å². The highest BCUT2D eigenvalue weighted by Crippen LogP contribution is 2.13. The zero-order chi connectivity index (χ0) is 18.4. The third-order valence-corrected chi connectivity index (χ3v) is 4.28. The minimum atomic E-state index is 0.577. The lowest BCUT2D eigenvalue weighted by atomic mass is 10.1. The van der Waals surface area contributed by atoms with Gasteiger partial charge in [0, 0.05) is 22.8 Å². The van der Waals surface area contributed by atoms with Crippen LogP contribution in [0.15, 0.2) is 70.2 Å². The van der Waals surface area contributed by atoms with Crippen LogP contribution in [0.4, 0.5) is 11.8 Å². The Bertz CT molecular complexity index is 892. The SMILES string of the molecule is C/C(=N\Nc1cc(C)nc(NCc2ccccc2)n1)c1ccc(Br)cc1. The molecule has 132 valence electrons. The quantitative estimate of drug-likeness (QED) is 0.444. The Morgan fingerprint density at radius 2 is 1.77 bits per heavy atom. The average molecular weight is 410 g/mol. The van der Waals surface area contributed by atoms with Crippen molar-refractivity contribution in [1.82, 2.24) is 9.97 Å². The summed E-state index contributed by atoms with van der Waals surface area (Å²) >= 11 is 3.44. The van der Waals surface area contributed by atoms with Crippen LogP contribution in [-0.2, 0) is 6.54 Å². The van der Waals surface area contributed by atoms with Crippen LogP contribution in [0.2, 0.25) is 0 Å². The molecule has 1 aromatic heterocycles. The standard InChI is InChI=1S/C20H20BrN5/c1-14-12-19(26-25-15(2)17-8-10-18(21)11-9-17)24-20(23-14)22-13-16-6-4-3-5-7-16/h3-12H,13H2,1-2H3,(H2,22,23,24,26)/b25-15+. The number of nitrogens with one attached hydrogen (secondary N) is 2. The molecular formula is C20H20BrN5. The van der Waals surface area contributed by atoms with Crippen molar-refractivity contribution in [3.63, 3.8) is 0 Å². The van der Waals surface area contributed by atoms with E-state index in [1.807, 2.05) is 62.4 Å². The van der Waals surface area contributed by atoms with Crippen LogP contribution in [-0.4, -0.2) is 15.7 Å². The van der Waals surface area contributed by atoms with Crippen molar-refractivity contribution < 1.29 is 0 Å². The summed E-state index contributed by atoms with van der Waals surface area (Å²) in [6.07, 6.45) is 0. The second kappa shape index (κ2) is 8.58. The highest BCUT2D eigenvalue weighted by Gasteiger charge is 2.03. The summed E-state index contributed by atoms with van der Waals surface area (Å²) in [5, 5.41) is 7.68. The van der Waals surface area contributed by atoms with Gasteiger partial charge in [-0.05, 0) is 37.1 Å². The summed E-state index contributed by atoms with van der Waals surface area (Å²) < 4.78 is 1.04. The molecule has 0 fully saturated rings. The van der Waals surface area contributed by atoms with Gasteiger partial charge in [-0.3, -0.25) is 5.43 Å². The molecule has 0 aliphatic carbocycles. The van der Waals surface area contributed by atoms with Crippen LogP contribution in [0.3, 0.4) is 0 Å². The van der Waals surface area contributed by atoms with Gasteiger partial charge in [0.1, 0.15) is 0 Å². The van der Waals surface area contributed by atoms with Crippen molar-refractivity contribution >= 4 is 33.4 Å². The zero-order valence-electron chi connectivity index (χ0n) is 14.7. The van der Waals surface area contributed by atoms with E-state index < -0.39 is 0 Å². The molecule has 0 saturated carbocycles. The second-order valence-electron chi connectivity index (χ2n) is 5.87. The van der Waals surface area contributed by atoms with Gasteiger partial charge in [0.05, 0.1) is 5.71 Å². The van der Waals surface area contributed by atoms with E-state index in [-0.39, 0.29) is 0 Å². The molecule has 0 unspecified atom stereocenters. The number of hydrazone groups is 1. The third-order valence-electron chi connectivity index (χ3n) is 3.75. The Hall–Kier alpha value is -2.73. The highest BCUT2D eigenvalue weighted by molar-refractivity contribution is 9.10. The number of aromatic nitrogens is 2. The largest absolute Gasteiger partial charge is 0.350 e. The third kappa shape index (κ3) is 5.13. The topological polar surface area (TPSA) is 62.2 Å². The summed E-state index contributed by atoms with van der Waals surface area (Å²) in [5.41, 5.74) is 7.00. The summed E-state index contributed by atoms with van der Waals surface area (Å²) in [5.74, 6) is 1.23. The fourth-order valence-corrected chi connectivity index (χ4v) is 2.64. The Morgan fingerprint density at radius 3 is 2.50 bits per heavy atom. The number of halogens is 1. The molecule has 0 aliphatic rings. The van der Waals surface area contributed by atoms with Crippen LogP contribution >= 0.6 is 15.9 Å². The van der Waals surface area contributed by atoms with E-state index in [2.05, 4.69) is 53.9 Å².